The first kappa shape index (κ1) is 39.6. The Balaban J connectivity index is 1.96. The first-order valence-electron chi connectivity index (χ1n) is 17.7. The zero-order chi connectivity index (χ0) is 33.4. The van der Waals surface area contributed by atoms with Crippen molar-refractivity contribution >= 4 is 23.6 Å². The van der Waals surface area contributed by atoms with Crippen LogP contribution < -0.4 is 10.6 Å². The highest BCUT2D eigenvalue weighted by Crippen LogP contribution is 2.29. The molecule has 0 heterocycles. The van der Waals surface area contributed by atoms with Crippen LogP contribution >= 0.6 is 11.8 Å². The number of thioether (sulfide) groups is 1. The van der Waals surface area contributed by atoms with Gasteiger partial charge in [-0.1, -0.05) is 83.2 Å². The molecule has 1 aliphatic carbocycles. The zero-order valence-electron chi connectivity index (χ0n) is 29.3. The van der Waals surface area contributed by atoms with Gasteiger partial charge in [0.25, 0.3) is 0 Å². The van der Waals surface area contributed by atoms with Gasteiger partial charge in [-0.25, -0.2) is 0 Å². The van der Waals surface area contributed by atoms with E-state index in [1.165, 1.54) is 19.3 Å². The highest BCUT2D eigenvalue weighted by atomic mass is 32.2. The van der Waals surface area contributed by atoms with Crippen LogP contribution in [0.4, 0.5) is 0 Å². The molecule has 0 aromatic heterocycles. The summed E-state index contributed by atoms with van der Waals surface area (Å²) in [5, 5.41) is 27.9. The van der Waals surface area contributed by atoms with Crippen molar-refractivity contribution in [1.82, 2.24) is 15.5 Å². The normalized spacial score (nSPS) is 17.8. The number of benzene rings is 1. The standard InChI is InChI=1S/C37H65N3O4S/c1-26(2)21-34(41)35(42)33(23-31-17-12-9-13-18-31)39-36(43)29(7)24-38-37(44)32(22-30-15-10-8-11-16-30)25-45-20-14-19-40(27(3)4)28(5)6/h8,10-11,15-16,26-29,31-35,41-42H,9,12-14,17-25H2,1-7H3,(H,38,44)(H,39,43). The van der Waals surface area contributed by atoms with Gasteiger partial charge < -0.3 is 20.8 Å². The highest BCUT2D eigenvalue weighted by molar-refractivity contribution is 7.99. The fourth-order valence-electron chi connectivity index (χ4n) is 6.59. The van der Waals surface area contributed by atoms with E-state index in [0.29, 0.717) is 37.3 Å². The van der Waals surface area contributed by atoms with Crippen molar-refractivity contribution in [3.8, 4) is 0 Å². The summed E-state index contributed by atoms with van der Waals surface area (Å²) in [6.07, 6.45) is 6.78. The summed E-state index contributed by atoms with van der Waals surface area (Å²) in [5.41, 5.74) is 1.13. The minimum absolute atomic E-state index is 0.0249. The predicted molar refractivity (Wildman–Crippen MR) is 189 cm³/mol. The van der Waals surface area contributed by atoms with Gasteiger partial charge in [-0.15, -0.1) is 0 Å². The number of carbonyl (C=O) groups is 2. The molecule has 4 N–H and O–H groups in total. The van der Waals surface area contributed by atoms with Gasteiger partial charge in [-0.2, -0.15) is 11.8 Å². The second-order valence-corrected chi connectivity index (χ2v) is 15.6. The first-order chi connectivity index (χ1) is 21.4. The Hall–Kier alpha value is -1.61. The second kappa shape index (κ2) is 21.3. The van der Waals surface area contributed by atoms with Crippen LogP contribution in [0.1, 0.15) is 105 Å². The lowest BCUT2D eigenvalue weighted by molar-refractivity contribution is -0.128. The molecule has 45 heavy (non-hydrogen) atoms. The van der Waals surface area contributed by atoms with E-state index in [0.717, 1.165) is 42.9 Å². The lowest BCUT2D eigenvalue weighted by Crippen LogP contribution is -2.52. The molecule has 1 aromatic carbocycles. The third-order valence-electron chi connectivity index (χ3n) is 9.24. The SMILES string of the molecule is CC(C)CC(O)C(O)C(CC1CCCCC1)NC(=O)C(C)CNC(=O)C(CSCCCN(C(C)C)C(C)C)Cc1ccccc1. The highest BCUT2D eigenvalue weighted by Gasteiger charge is 2.32. The molecule has 5 unspecified atom stereocenters. The maximum atomic E-state index is 13.5. The van der Waals surface area contributed by atoms with Crippen molar-refractivity contribution in [2.45, 2.75) is 137 Å². The average Bonchev–Trinajstić information content (AvgIpc) is 3.00. The molecule has 258 valence electrons. The third kappa shape index (κ3) is 15.2. The summed E-state index contributed by atoms with van der Waals surface area (Å²) in [5.74, 6) is 1.55. The van der Waals surface area contributed by atoms with Crippen LogP contribution in [0.2, 0.25) is 0 Å². The Morgan fingerprint density at radius 1 is 0.933 bits per heavy atom. The minimum Gasteiger partial charge on any atom is -0.390 e. The van der Waals surface area contributed by atoms with E-state index in [4.69, 9.17) is 0 Å². The fraction of sp³-hybridized carbons (Fsp3) is 0.784. The van der Waals surface area contributed by atoms with Gasteiger partial charge in [-0.05, 0) is 83.1 Å². The quantitative estimate of drug-likeness (QED) is 0.121. The Labute approximate surface area is 279 Å². The number of hydrogen-bond acceptors (Lipinski definition) is 6. The maximum Gasteiger partial charge on any atom is 0.224 e. The topological polar surface area (TPSA) is 102 Å². The first-order valence-corrected chi connectivity index (χ1v) is 18.9. The van der Waals surface area contributed by atoms with Crippen LogP contribution in [0.15, 0.2) is 30.3 Å². The molecule has 1 aromatic rings. The molecule has 2 rings (SSSR count). The monoisotopic (exact) mass is 647 g/mol. The molecule has 7 nitrogen and oxygen atoms in total. The Morgan fingerprint density at radius 2 is 1.58 bits per heavy atom. The smallest absolute Gasteiger partial charge is 0.224 e. The van der Waals surface area contributed by atoms with Crippen molar-refractivity contribution in [1.29, 1.82) is 0 Å². The summed E-state index contributed by atoms with van der Waals surface area (Å²) >= 11 is 1.83. The van der Waals surface area contributed by atoms with Gasteiger partial charge in [0.05, 0.1) is 24.0 Å². The number of amides is 2. The van der Waals surface area contributed by atoms with Crippen LogP contribution in [0.25, 0.3) is 0 Å². The molecule has 5 atom stereocenters. The van der Waals surface area contributed by atoms with Crippen LogP contribution in [-0.2, 0) is 16.0 Å². The van der Waals surface area contributed by atoms with Gasteiger partial charge in [-0.3, -0.25) is 14.5 Å². The molecule has 8 heteroatoms. The summed E-state index contributed by atoms with van der Waals surface area (Å²) in [7, 11) is 0. The molecule has 0 radical (unpaired) electrons. The van der Waals surface area contributed by atoms with Crippen molar-refractivity contribution in [2.24, 2.45) is 23.7 Å². The molecule has 0 spiro atoms. The molecule has 2 amide bonds. The zero-order valence-corrected chi connectivity index (χ0v) is 30.2. The molecule has 0 saturated heterocycles. The van der Waals surface area contributed by atoms with Crippen molar-refractivity contribution < 1.29 is 19.8 Å². The Morgan fingerprint density at radius 3 is 2.18 bits per heavy atom. The lowest BCUT2D eigenvalue weighted by atomic mass is 9.82. The van der Waals surface area contributed by atoms with Crippen molar-refractivity contribution in [2.75, 3.05) is 24.6 Å². The molecular formula is C37H65N3O4S. The van der Waals surface area contributed by atoms with Crippen LogP contribution in [0.3, 0.4) is 0 Å². The largest absolute Gasteiger partial charge is 0.390 e. The van der Waals surface area contributed by atoms with Gasteiger partial charge in [0, 0.05) is 24.4 Å². The van der Waals surface area contributed by atoms with Crippen LogP contribution in [0, 0.1) is 23.7 Å². The summed E-state index contributed by atoms with van der Waals surface area (Å²) in [6, 6.07) is 10.7. The second-order valence-electron chi connectivity index (χ2n) is 14.4. The Kier molecular flexibility index (Phi) is 18.7. The predicted octanol–water partition coefficient (Wildman–Crippen LogP) is 6.06. The van der Waals surface area contributed by atoms with Crippen molar-refractivity contribution in [3.05, 3.63) is 35.9 Å². The molecule has 1 saturated carbocycles. The van der Waals surface area contributed by atoms with E-state index in [-0.39, 0.29) is 30.2 Å². The summed E-state index contributed by atoms with van der Waals surface area (Å²) < 4.78 is 0. The number of rotatable bonds is 21. The molecule has 0 bridgehead atoms. The van der Waals surface area contributed by atoms with Crippen LogP contribution in [0.5, 0.6) is 0 Å². The van der Waals surface area contributed by atoms with E-state index in [1.54, 1.807) is 0 Å². The summed E-state index contributed by atoms with van der Waals surface area (Å²) in [6.45, 7) is 16.1. The van der Waals surface area contributed by atoms with E-state index in [1.807, 2.05) is 50.7 Å². The third-order valence-corrected chi connectivity index (χ3v) is 10.5. The van der Waals surface area contributed by atoms with E-state index >= 15 is 0 Å². The van der Waals surface area contributed by atoms with E-state index in [2.05, 4.69) is 55.4 Å². The van der Waals surface area contributed by atoms with Gasteiger partial charge >= 0.3 is 0 Å². The number of nitrogens with zero attached hydrogens (tertiary/aromatic N) is 1. The van der Waals surface area contributed by atoms with Gasteiger partial charge in [0.1, 0.15) is 6.10 Å². The molecule has 0 aliphatic heterocycles. The summed E-state index contributed by atoms with van der Waals surface area (Å²) in [4.78, 5) is 29.3. The lowest BCUT2D eigenvalue weighted by Gasteiger charge is -2.33. The van der Waals surface area contributed by atoms with Gasteiger partial charge in [0.2, 0.25) is 11.8 Å². The number of aliphatic hydroxyl groups excluding tert-OH is 2. The average molecular weight is 648 g/mol. The molecule has 1 fully saturated rings. The van der Waals surface area contributed by atoms with E-state index < -0.39 is 24.2 Å². The van der Waals surface area contributed by atoms with E-state index in [9.17, 15) is 19.8 Å². The number of nitrogens with one attached hydrogen (secondary N) is 2. The number of hydrogen-bond donors (Lipinski definition) is 4. The fourth-order valence-corrected chi connectivity index (χ4v) is 7.64. The molecule has 1 aliphatic rings. The number of carbonyl (C=O) groups excluding carboxylic acids is 2. The van der Waals surface area contributed by atoms with Crippen molar-refractivity contribution in [3.63, 3.8) is 0 Å². The van der Waals surface area contributed by atoms with Crippen LogP contribution in [-0.4, -0.2) is 81.9 Å². The maximum absolute atomic E-state index is 13.5. The molecular weight excluding hydrogens is 582 g/mol. The Bertz CT molecular complexity index is 946. The van der Waals surface area contributed by atoms with Gasteiger partial charge in [0.15, 0.2) is 0 Å². The minimum atomic E-state index is -1.01. The number of aliphatic hydroxyl groups is 2.